The average molecular weight is 270 g/mol. The summed E-state index contributed by atoms with van der Waals surface area (Å²) in [6.45, 7) is 10.7. The zero-order valence-electron chi connectivity index (χ0n) is 13.0. The molecule has 0 aromatic heterocycles. The molecule has 1 saturated heterocycles. The number of nitrogens with two attached hydrogens (primary N) is 1. The topological polar surface area (TPSA) is 47.7 Å². The maximum Gasteiger partial charge on any atom is 0.0642 e. The molecule has 0 saturated carbocycles. The monoisotopic (exact) mass is 270 g/mol. The van der Waals surface area contributed by atoms with E-state index in [1.54, 1.807) is 7.11 Å². The minimum Gasteiger partial charge on any atom is -0.379 e. The zero-order chi connectivity index (χ0) is 14.3. The lowest BCUT2D eigenvalue weighted by atomic mass is 9.98. The van der Waals surface area contributed by atoms with Crippen LogP contribution in [0.5, 0.6) is 0 Å². The molecule has 0 spiro atoms. The molecule has 19 heavy (non-hydrogen) atoms. The number of hydrogen-bond donors (Lipinski definition) is 1. The van der Waals surface area contributed by atoms with E-state index in [9.17, 15) is 0 Å². The first-order valence-electron chi connectivity index (χ1n) is 7.26. The Bertz CT molecular complexity index is 295. The first kappa shape index (κ1) is 16.5. The first-order valence-corrected chi connectivity index (χ1v) is 7.26. The Morgan fingerprint density at radius 2 is 1.95 bits per heavy atom. The molecule has 1 rings (SSSR count). The fraction of sp³-hybridized carbons (Fsp3) is 0.867. The molecule has 1 heterocycles. The number of rotatable bonds is 7. The minimum atomic E-state index is -0.0257. The van der Waals surface area contributed by atoms with Crippen LogP contribution in [-0.2, 0) is 9.47 Å². The molecular formula is C15H30N2O2. The van der Waals surface area contributed by atoms with Crippen molar-refractivity contribution in [3.05, 3.63) is 11.3 Å². The Balaban J connectivity index is 2.50. The van der Waals surface area contributed by atoms with Gasteiger partial charge in [-0.1, -0.05) is 5.57 Å². The largest absolute Gasteiger partial charge is 0.379 e. The Hall–Kier alpha value is -0.580. The summed E-state index contributed by atoms with van der Waals surface area (Å²) in [5, 5.41) is 0. The van der Waals surface area contributed by atoms with E-state index in [-0.39, 0.29) is 5.60 Å². The van der Waals surface area contributed by atoms with Gasteiger partial charge in [-0.3, -0.25) is 0 Å². The average Bonchev–Trinajstić information content (AvgIpc) is 2.40. The highest BCUT2D eigenvalue weighted by molar-refractivity contribution is 5.13. The van der Waals surface area contributed by atoms with Crippen LogP contribution in [0.25, 0.3) is 0 Å². The van der Waals surface area contributed by atoms with Crippen LogP contribution < -0.4 is 5.73 Å². The Kier molecular flexibility index (Phi) is 6.83. The summed E-state index contributed by atoms with van der Waals surface area (Å²) in [4.78, 5) is 2.38. The molecule has 2 N–H and O–H groups in total. The predicted octanol–water partition coefficient (Wildman–Crippen LogP) is 2.15. The van der Waals surface area contributed by atoms with Crippen LogP contribution >= 0.6 is 0 Å². The van der Waals surface area contributed by atoms with Crippen molar-refractivity contribution in [1.29, 1.82) is 0 Å². The molecule has 0 aliphatic carbocycles. The normalized spacial score (nSPS) is 18.5. The predicted molar refractivity (Wildman–Crippen MR) is 79.1 cm³/mol. The summed E-state index contributed by atoms with van der Waals surface area (Å²) < 4.78 is 10.8. The Morgan fingerprint density at radius 3 is 2.47 bits per heavy atom. The van der Waals surface area contributed by atoms with Crippen molar-refractivity contribution in [3.8, 4) is 0 Å². The van der Waals surface area contributed by atoms with Crippen LogP contribution in [0.2, 0.25) is 0 Å². The number of ether oxygens (including phenoxy) is 2. The third-order valence-corrected chi connectivity index (χ3v) is 3.96. The third kappa shape index (κ3) is 5.51. The molecule has 0 amide bonds. The molecule has 0 radical (unpaired) electrons. The van der Waals surface area contributed by atoms with Crippen LogP contribution in [0, 0.1) is 0 Å². The van der Waals surface area contributed by atoms with Gasteiger partial charge >= 0.3 is 0 Å². The van der Waals surface area contributed by atoms with Gasteiger partial charge in [0.1, 0.15) is 0 Å². The SMILES string of the molecule is COC(C)(C)CCCC(C)=C(CN)N1CCOCC1. The molecule has 112 valence electrons. The van der Waals surface area contributed by atoms with Gasteiger partial charge < -0.3 is 20.1 Å². The lowest BCUT2D eigenvalue weighted by Gasteiger charge is -2.32. The second-order valence-corrected chi connectivity index (χ2v) is 5.85. The summed E-state index contributed by atoms with van der Waals surface area (Å²) in [7, 11) is 1.78. The maximum atomic E-state index is 5.92. The summed E-state index contributed by atoms with van der Waals surface area (Å²) >= 11 is 0. The number of hydrogen-bond acceptors (Lipinski definition) is 4. The van der Waals surface area contributed by atoms with Crippen LogP contribution in [0.15, 0.2) is 11.3 Å². The number of methoxy groups -OCH3 is 1. The van der Waals surface area contributed by atoms with Crippen LogP contribution in [0.1, 0.15) is 40.0 Å². The highest BCUT2D eigenvalue weighted by Gasteiger charge is 2.17. The number of nitrogens with zero attached hydrogens (tertiary/aromatic N) is 1. The van der Waals surface area contributed by atoms with Gasteiger partial charge in [-0.25, -0.2) is 0 Å². The Labute approximate surface area is 117 Å². The van der Waals surface area contributed by atoms with E-state index in [0.717, 1.165) is 45.6 Å². The van der Waals surface area contributed by atoms with Crippen molar-refractivity contribution in [3.63, 3.8) is 0 Å². The van der Waals surface area contributed by atoms with Gasteiger partial charge in [0.25, 0.3) is 0 Å². The van der Waals surface area contributed by atoms with Crippen molar-refractivity contribution in [2.75, 3.05) is 40.0 Å². The maximum absolute atomic E-state index is 5.92. The molecule has 0 bridgehead atoms. The van der Waals surface area contributed by atoms with E-state index in [0.29, 0.717) is 6.54 Å². The lowest BCUT2D eigenvalue weighted by molar-refractivity contribution is 0.0139. The first-order chi connectivity index (χ1) is 9.00. The second-order valence-electron chi connectivity index (χ2n) is 5.85. The molecule has 0 aromatic rings. The number of morpholine rings is 1. The second kappa shape index (κ2) is 7.88. The highest BCUT2D eigenvalue weighted by Crippen LogP contribution is 2.21. The molecule has 0 unspecified atom stereocenters. The van der Waals surface area contributed by atoms with Gasteiger partial charge in [0.05, 0.1) is 18.8 Å². The molecule has 4 heteroatoms. The zero-order valence-corrected chi connectivity index (χ0v) is 13.0. The third-order valence-electron chi connectivity index (χ3n) is 3.96. The fourth-order valence-electron chi connectivity index (χ4n) is 2.43. The van der Waals surface area contributed by atoms with Gasteiger partial charge in [-0.05, 0) is 40.0 Å². The van der Waals surface area contributed by atoms with Crippen molar-refractivity contribution in [2.24, 2.45) is 5.73 Å². The quantitative estimate of drug-likeness (QED) is 0.770. The molecule has 0 atom stereocenters. The minimum absolute atomic E-state index is 0.0257. The fourth-order valence-corrected chi connectivity index (χ4v) is 2.43. The van der Waals surface area contributed by atoms with Gasteiger partial charge in [-0.2, -0.15) is 0 Å². The molecule has 1 fully saturated rings. The van der Waals surface area contributed by atoms with E-state index in [1.807, 2.05) is 0 Å². The molecule has 1 aliphatic rings. The van der Waals surface area contributed by atoms with Crippen molar-refractivity contribution in [1.82, 2.24) is 4.90 Å². The van der Waals surface area contributed by atoms with E-state index in [4.69, 9.17) is 15.2 Å². The van der Waals surface area contributed by atoms with Crippen LogP contribution in [0.4, 0.5) is 0 Å². The van der Waals surface area contributed by atoms with Gasteiger partial charge in [0.15, 0.2) is 0 Å². The van der Waals surface area contributed by atoms with Crippen molar-refractivity contribution >= 4 is 0 Å². The number of allylic oxidation sites excluding steroid dienone is 1. The molecular weight excluding hydrogens is 240 g/mol. The Morgan fingerprint density at radius 1 is 1.32 bits per heavy atom. The van der Waals surface area contributed by atoms with Gasteiger partial charge in [0.2, 0.25) is 0 Å². The van der Waals surface area contributed by atoms with E-state index >= 15 is 0 Å². The summed E-state index contributed by atoms with van der Waals surface area (Å²) in [6, 6.07) is 0. The summed E-state index contributed by atoms with van der Waals surface area (Å²) in [5.41, 5.74) is 8.61. The standard InChI is InChI=1S/C15H30N2O2/c1-13(6-5-7-15(2,3)18-4)14(12-16)17-8-10-19-11-9-17/h5-12,16H2,1-4H3. The molecule has 0 aromatic carbocycles. The van der Waals surface area contributed by atoms with E-state index in [1.165, 1.54) is 11.3 Å². The molecule has 4 nitrogen and oxygen atoms in total. The summed E-state index contributed by atoms with van der Waals surface area (Å²) in [6.07, 6.45) is 3.30. The van der Waals surface area contributed by atoms with Crippen LogP contribution in [-0.4, -0.2) is 50.5 Å². The van der Waals surface area contributed by atoms with Gasteiger partial charge in [-0.15, -0.1) is 0 Å². The van der Waals surface area contributed by atoms with Gasteiger partial charge in [0, 0.05) is 32.4 Å². The highest BCUT2D eigenvalue weighted by atomic mass is 16.5. The van der Waals surface area contributed by atoms with E-state index in [2.05, 4.69) is 25.7 Å². The van der Waals surface area contributed by atoms with Crippen molar-refractivity contribution < 1.29 is 9.47 Å². The molecule has 1 aliphatic heterocycles. The van der Waals surface area contributed by atoms with Crippen LogP contribution in [0.3, 0.4) is 0 Å². The van der Waals surface area contributed by atoms with Crippen molar-refractivity contribution in [2.45, 2.75) is 45.6 Å². The lowest BCUT2D eigenvalue weighted by Crippen LogP contribution is -2.38. The smallest absolute Gasteiger partial charge is 0.0642 e. The van der Waals surface area contributed by atoms with E-state index < -0.39 is 0 Å². The summed E-state index contributed by atoms with van der Waals surface area (Å²) in [5.74, 6) is 0.